The van der Waals surface area contributed by atoms with Crippen molar-refractivity contribution >= 4 is 28.5 Å². The smallest absolute Gasteiger partial charge is 0.224 e. The first-order valence-corrected chi connectivity index (χ1v) is 8.67. The maximum atomic E-state index is 12.2. The van der Waals surface area contributed by atoms with Crippen molar-refractivity contribution in [2.75, 3.05) is 0 Å². The number of aromatic nitrogens is 1. The molecule has 0 saturated heterocycles. The fourth-order valence-corrected chi connectivity index (χ4v) is 2.88. The molecule has 1 amide bonds. The van der Waals surface area contributed by atoms with Crippen LogP contribution in [-0.2, 0) is 24.2 Å². The number of amides is 1. The second-order valence-corrected chi connectivity index (χ2v) is 7.10. The SMILES string of the molecule is Cc1cc2occ(CC(=O)NCc3cc(CC(C)C)no3)c2cc1Cl. The maximum Gasteiger partial charge on any atom is 0.224 e. The number of halogens is 1. The van der Waals surface area contributed by atoms with Crippen LogP contribution < -0.4 is 5.32 Å². The molecule has 5 nitrogen and oxygen atoms in total. The number of furan rings is 1. The Morgan fingerprint density at radius 1 is 1.32 bits per heavy atom. The van der Waals surface area contributed by atoms with Crippen LogP contribution in [-0.4, -0.2) is 11.1 Å². The zero-order valence-electron chi connectivity index (χ0n) is 14.6. The lowest BCUT2D eigenvalue weighted by Gasteiger charge is -2.02. The standard InChI is InChI=1S/C19H21ClN2O3/c1-11(2)4-14-7-15(25-22-14)9-21-19(23)6-13-10-24-18-5-12(3)17(20)8-16(13)18/h5,7-8,10-11H,4,6,9H2,1-3H3,(H,21,23). The number of hydrogen-bond acceptors (Lipinski definition) is 4. The summed E-state index contributed by atoms with van der Waals surface area (Å²) in [7, 11) is 0. The first-order valence-electron chi connectivity index (χ1n) is 8.29. The Morgan fingerprint density at radius 2 is 2.12 bits per heavy atom. The third-order valence-corrected chi connectivity index (χ3v) is 4.38. The summed E-state index contributed by atoms with van der Waals surface area (Å²) in [5.41, 5.74) is 3.40. The van der Waals surface area contributed by atoms with Crippen LogP contribution in [0.2, 0.25) is 5.02 Å². The Labute approximate surface area is 151 Å². The number of carbonyl (C=O) groups excluding carboxylic acids is 1. The quantitative estimate of drug-likeness (QED) is 0.705. The second-order valence-electron chi connectivity index (χ2n) is 6.69. The molecule has 0 unspecified atom stereocenters. The van der Waals surface area contributed by atoms with E-state index in [4.69, 9.17) is 20.5 Å². The van der Waals surface area contributed by atoms with E-state index in [1.807, 2.05) is 25.1 Å². The van der Waals surface area contributed by atoms with Crippen molar-refractivity contribution in [1.82, 2.24) is 10.5 Å². The normalized spacial score (nSPS) is 11.4. The Kier molecular flexibility index (Phi) is 5.13. The van der Waals surface area contributed by atoms with E-state index >= 15 is 0 Å². The first-order chi connectivity index (χ1) is 11.9. The molecule has 2 aromatic heterocycles. The van der Waals surface area contributed by atoms with Gasteiger partial charge in [-0.3, -0.25) is 4.79 Å². The van der Waals surface area contributed by atoms with Crippen LogP contribution in [0.4, 0.5) is 0 Å². The minimum atomic E-state index is -0.110. The number of rotatable bonds is 6. The largest absolute Gasteiger partial charge is 0.464 e. The van der Waals surface area contributed by atoms with E-state index in [1.165, 1.54) is 0 Å². The van der Waals surface area contributed by atoms with Gasteiger partial charge in [0.25, 0.3) is 0 Å². The fourth-order valence-electron chi connectivity index (χ4n) is 2.71. The summed E-state index contributed by atoms with van der Waals surface area (Å²) in [6, 6.07) is 5.60. The topological polar surface area (TPSA) is 68.3 Å². The second kappa shape index (κ2) is 7.31. The predicted octanol–water partition coefficient (Wildman–Crippen LogP) is 4.44. The summed E-state index contributed by atoms with van der Waals surface area (Å²) >= 11 is 6.17. The molecular formula is C19H21ClN2O3. The zero-order valence-corrected chi connectivity index (χ0v) is 15.3. The molecule has 0 bridgehead atoms. The maximum absolute atomic E-state index is 12.2. The number of hydrogen-bond donors (Lipinski definition) is 1. The van der Waals surface area contributed by atoms with Crippen molar-refractivity contribution in [3.8, 4) is 0 Å². The molecule has 0 radical (unpaired) electrons. The Balaban J connectivity index is 1.61. The summed E-state index contributed by atoms with van der Waals surface area (Å²) < 4.78 is 10.8. The summed E-state index contributed by atoms with van der Waals surface area (Å²) in [4.78, 5) is 12.2. The summed E-state index contributed by atoms with van der Waals surface area (Å²) in [6.45, 7) is 6.49. The molecule has 0 atom stereocenters. The summed E-state index contributed by atoms with van der Waals surface area (Å²) in [5.74, 6) is 1.05. The van der Waals surface area contributed by atoms with Crippen molar-refractivity contribution in [3.05, 3.63) is 52.1 Å². The van der Waals surface area contributed by atoms with Gasteiger partial charge in [0.2, 0.25) is 5.91 Å². The molecule has 0 fully saturated rings. The van der Waals surface area contributed by atoms with Crippen molar-refractivity contribution in [2.24, 2.45) is 5.92 Å². The molecule has 132 valence electrons. The molecule has 0 aliphatic rings. The number of benzene rings is 1. The van der Waals surface area contributed by atoms with Gasteiger partial charge in [-0.2, -0.15) is 0 Å². The van der Waals surface area contributed by atoms with Crippen LogP contribution in [0, 0.1) is 12.8 Å². The molecule has 25 heavy (non-hydrogen) atoms. The average molecular weight is 361 g/mol. The summed E-state index contributed by atoms with van der Waals surface area (Å²) in [6.07, 6.45) is 2.69. The van der Waals surface area contributed by atoms with Gasteiger partial charge >= 0.3 is 0 Å². The molecular weight excluding hydrogens is 340 g/mol. The van der Waals surface area contributed by atoms with Gasteiger partial charge in [-0.05, 0) is 37.0 Å². The molecule has 0 spiro atoms. The number of fused-ring (bicyclic) bond motifs is 1. The van der Waals surface area contributed by atoms with E-state index < -0.39 is 0 Å². The average Bonchev–Trinajstić information content (AvgIpc) is 3.13. The van der Waals surface area contributed by atoms with Crippen LogP contribution in [0.15, 0.2) is 33.4 Å². The summed E-state index contributed by atoms with van der Waals surface area (Å²) in [5, 5.41) is 8.39. The lowest BCUT2D eigenvalue weighted by molar-refractivity contribution is -0.120. The van der Waals surface area contributed by atoms with E-state index in [9.17, 15) is 4.79 Å². The molecule has 3 rings (SSSR count). The fraction of sp³-hybridized carbons (Fsp3) is 0.368. The Hall–Kier alpha value is -2.27. The minimum absolute atomic E-state index is 0.110. The molecule has 0 saturated carbocycles. The van der Waals surface area contributed by atoms with Crippen molar-refractivity contribution in [2.45, 2.75) is 40.2 Å². The number of nitrogens with one attached hydrogen (secondary N) is 1. The van der Waals surface area contributed by atoms with Crippen LogP contribution in [0.1, 0.15) is 36.4 Å². The third-order valence-electron chi connectivity index (χ3n) is 3.97. The van der Waals surface area contributed by atoms with Gasteiger partial charge in [0.15, 0.2) is 5.76 Å². The Morgan fingerprint density at radius 3 is 2.88 bits per heavy atom. The van der Waals surface area contributed by atoms with Gasteiger partial charge in [0.1, 0.15) is 5.58 Å². The van der Waals surface area contributed by atoms with Gasteiger partial charge in [-0.15, -0.1) is 0 Å². The van der Waals surface area contributed by atoms with Crippen LogP contribution in [0.25, 0.3) is 11.0 Å². The van der Waals surface area contributed by atoms with Crippen molar-refractivity contribution in [1.29, 1.82) is 0 Å². The molecule has 3 aromatic rings. The van der Waals surface area contributed by atoms with Crippen molar-refractivity contribution in [3.63, 3.8) is 0 Å². The van der Waals surface area contributed by atoms with Gasteiger partial charge in [0.05, 0.1) is 24.9 Å². The van der Waals surface area contributed by atoms with E-state index in [1.54, 1.807) is 6.26 Å². The highest BCUT2D eigenvalue weighted by atomic mass is 35.5. The molecule has 0 aliphatic heterocycles. The van der Waals surface area contributed by atoms with Crippen LogP contribution in [0.3, 0.4) is 0 Å². The number of aryl methyl sites for hydroxylation is 1. The van der Waals surface area contributed by atoms with Gasteiger partial charge in [0, 0.05) is 22.0 Å². The highest BCUT2D eigenvalue weighted by Gasteiger charge is 2.13. The zero-order chi connectivity index (χ0) is 18.0. The number of carbonyl (C=O) groups is 1. The predicted molar refractivity (Wildman–Crippen MR) is 96.6 cm³/mol. The molecule has 1 aromatic carbocycles. The lowest BCUT2D eigenvalue weighted by Crippen LogP contribution is -2.24. The van der Waals surface area contributed by atoms with Crippen LogP contribution >= 0.6 is 11.6 Å². The van der Waals surface area contributed by atoms with Gasteiger partial charge in [-0.1, -0.05) is 30.6 Å². The van der Waals surface area contributed by atoms with Gasteiger partial charge in [-0.25, -0.2) is 0 Å². The monoisotopic (exact) mass is 360 g/mol. The third kappa shape index (κ3) is 4.23. The molecule has 2 heterocycles. The van der Waals surface area contributed by atoms with E-state index in [0.29, 0.717) is 23.2 Å². The molecule has 1 N–H and O–H groups in total. The van der Waals surface area contributed by atoms with Gasteiger partial charge < -0.3 is 14.3 Å². The lowest BCUT2D eigenvalue weighted by atomic mass is 10.1. The molecule has 6 heteroatoms. The minimum Gasteiger partial charge on any atom is -0.464 e. The highest BCUT2D eigenvalue weighted by Crippen LogP contribution is 2.27. The van der Waals surface area contributed by atoms with Crippen molar-refractivity contribution < 1.29 is 13.7 Å². The highest BCUT2D eigenvalue weighted by molar-refractivity contribution is 6.32. The molecule has 0 aliphatic carbocycles. The van der Waals surface area contributed by atoms with E-state index in [2.05, 4.69) is 24.3 Å². The van der Waals surface area contributed by atoms with Crippen LogP contribution in [0.5, 0.6) is 0 Å². The van der Waals surface area contributed by atoms with E-state index in [0.717, 1.165) is 34.2 Å². The van der Waals surface area contributed by atoms with E-state index in [-0.39, 0.29) is 12.3 Å². The first kappa shape index (κ1) is 17.5. The Bertz CT molecular complexity index is 895. The number of nitrogens with zero attached hydrogens (tertiary/aromatic N) is 1.